The third kappa shape index (κ3) is 4.73. The van der Waals surface area contributed by atoms with Gasteiger partial charge in [0.25, 0.3) is 0 Å². The number of nitrogens with one attached hydrogen (secondary N) is 1. The number of halogens is 3. The van der Waals surface area contributed by atoms with Crippen LogP contribution in [0.1, 0.15) is 33.3 Å². The zero-order valence-corrected chi connectivity index (χ0v) is 12.5. The number of carbonyl (C=O) groups is 1. The lowest BCUT2D eigenvalue weighted by molar-refractivity contribution is -0.151. The molecule has 0 aromatic carbocycles. The van der Waals surface area contributed by atoms with E-state index in [-0.39, 0.29) is 19.2 Å². The van der Waals surface area contributed by atoms with Gasteiger partial charge in [0, 0.05) is 12.2 Å². The predicted octanol–water partition coefficient (Wildman–Crippen LogP) is 2.22. The lowest BCUT2D eigenvalue weighted by Gasteiger charge is -2.30. The third-order valence-electron chi connectivity index (χ3n) is 2.77. The summed E-state index contributed by atoms with van der Waals surface area (Å²) in [4.78, 5) is 12.1. The van der Waals surface area contributed by atoms with Gasteiger partial charge in [-0.2, -0.15) is 18.3 Å². The van der Waals surface area contributed by atoms with Gasteiger partial charge in [-0.25, -0.2) is 4.79 Å². The average molecular weight is 307 g/mol. The van der Waals surface area contributed by atoms with Crippen LogP contribution in [0.2, 0.25) is 0 Å². The largest absolute Gasteiger partial charge is 0.465 e. The van der Waals surface area contributed by atoms with E-state index in [1.54, 1.807) is 13.8 Å². The smallest absolute Gasteiger partial charge is 0.419 e. The van der Waals surface area contributed by atoms with Crippen molar-refractivity contribution >= 4 is 5.97 Å². The Balaban J connectivity index is 2.96. The highest BCUT2D eigenvalue weighted by Gasteiger charge is 2.37. The standard InChI is InChI=1S/C13H20F3N3O2/c1-5-21-11(20)12(4,18-9(2)3)8-19-7-10(6-17-19)13(14,15)16/h6-7,9,18H,5,8H2,1-4H3. The first-order chi connectivity index (χ1) is 9.58. The Morgan fingerprint density at radius 3 is 2.52 bits per heavy atom. The zero-order valence-electron chi connectivity index (χ0n) is 12.5. The highest BCUT2D eigenvalue weighted by Crippen LogP contribution is 2.28. The van der Waals surface area contributed by atoms with Crippen molar-refractivity contribution in [3.8, 4) is 0 Å². The molecule has 1 atom stereocenters. The second-order valence-electron chi connectivity index (χ2n) is 5.28. The minimum atomic E-state index is -4.45. The number of hydrogen-bond acceptors (Lipinski definition) is 4. The van der Waals surface area contributed by atoms with Crippen LogP contribution in [0.15, 0.2) is 12.4 Å². The topological polar surface area (TPSA) is 56.2 Å². The van der Waals surface area contributed by atoms with Crippen LogP contribution >= 0.6 is 0 Å². The van der Waals surface area contributed by atoms with Crippen LogP contribution in [0, 0.1) is 0 Å². The fraction of sp³-hybridized carbons (Fsp3) is 0.692. The molecule has 1 aromatic heterocycles. The molecule has 1 heterocycles. The quantitative estimate of drug-likeness (QED) is 0.819. The fourth-order valence-electron chi connectivity index (χ4n) is 2.02. The van der Waals surface area contributed by atoms with E-state index < -0.39 is 23.2 Å². The molecular weight excluding hydrogens is 287 g/mol. The highest BCUT2D eigenvalue weighted by molar-refractivity contribution is 5.80. The Morgan fingerprint density at radius 2 is 2.10 bits per heavy atom. The monoisotopic (exact) mass is 307 g/mol. The highest BCUT2D eigenvalue weighted by atomic mass is 19.4. The molecule has 120 valence electrons. The molecule has 5 nitrogen and oxygen atoms in total. The second kappa shape index (κ2) is 6.46. The normalized spacial score (nSPS) is 15.0. The summed E-state index contributed by atoms with van der Waals surface area (Å²) in [7, 11) is 0. The Kier molecular flexibility index (Phi) is 5.38. The van der Waals surface area contributed by atoms with Gasteiger partial charge in [-0.3, -0.25) is 10.00 Å². The van der Waals surface area contributed by atoms with E-state index in [2.05, 4.69) is 10.4 Å². The van der Waals surface area contributed by atoms with Gasteiger partial charge in [-0.05, 0) is 27.7 Å². The van der Waals surface area contributed by atoms with Gasteiger partial charge in [0.15, 0.2) is 0 Å². The van der Waals surface area contributed by atoms with Crippen LogP contribution < -0.4 is 5.32 Å². The Labute approximate surface area is 121 Å². The molecule has 0 aliphatic rings. The summed E-state index contributed by atoms with van der Waals surface area (Å²) < 4.78 is 43.8. The van der Waals surface area contributed by atoms with Crippen LogP contribution in [0.25, 0.3) is 0 Å². The van der Waals surface area contributed by atoms with Crippen molar-refractivity contribution in [2.24, 2.45) is 0 Å². The SMILES string of the molecule is CCOC(=O)C(C)(Cn1cc(C(F)(F)F)cn1)NC(C)C. The molecule has 1 unspecified atom stereocenters. The molecule has 21 heavy (non-hydrogen) atoms. The molecule has 1 N–H and O–H groups in total. The van der Waals surface area contributed by atoms with E-state index in [1.807, 2.05) is 13.8 Å². The number of esters is 1. The third-order valence-corrected chi connectivity index (χ3v) is 2.77. The molecule has 0 aliphatic heterocycles. The van der Waals surface area contributed by atoms with Crippen molar-refractivity contribution in [2.75, 3.05) is 6.61 Å². The van der Waals surface area contributed by atoms with Crippen LogP contribution in [-0.2, 0) is 22.3 Å². The number of nitrogens with zero attached hydrogens (tertiary/aromatic N) is 2. The van der Waals surface area contributed by atoms with E-state index in [4.69, 9.17) is 4.74 Å². The summed E-state index contributed by atoms with van der Waals surface area (Å²) in [5.74, 6) is -0.525. The van der Waals surface area contributed by atoms with E-state index in [9.17, 15) is 18.0 Å². The molecule has 8 heteroatoms. The number of alkyl halides is 3. The van der Waals surface area contributed by atoms with E-state index in [0.717, 1.165) is 17.1 Å². The molecule has 0 fully saturated rings. The van der Waals surface area contributed by atoms with Crippen LogP contribution in [0.5, 0.6) is 0 Å². The van der Waals surface area contributed by atoms with Crippen LogP contribution in [0.4, 0.5) is 13.2 Å². The minimum absolute atomic E-state index is 0.0444. The molecule has 0 spiro atoms. The molecule has 0 aliphatic carbocycles. The summed E-state index contributed by atoms with van der Waals surface area (Å²) >= 11 is 0. The number of hydrogen-bond donors (Lipinski definition) is 1. The average Bonchev–Trinajstić information content (AvgIpc) is 2.76. The van der Waals surface area contributed by atoms with Crippen LogP contribution in [-0.4, -0.2) is 33.9 Å². The second-order valence-corrected chi connectivity index (χ2v) is 5.28. The van der Waals surface area contributed by atoms with Crippen LogP contribution in [0.3, 0.4) is 0 Å². The first-order valence-corrected chi connectivity index (χ1v) is 6.63. The minimum Gasteiger partial charge on any atom is -0.465 e. The lowest BCUT2D eigenvalue weighted by atomic mass is 10.0. The summed E-state index contributed by atoms with van der Waals surface area (Å²) in [5, 5.41) is 6.69. The molecule has 0 saturated heterocycles. The summed E-state index contributed by atoms with van der Waals surface area (Å²) in [6.07, 6.45) is -2.84. The maximum absolute atomic E-state index is 12.6. The summed E-state index contributed by atoms with van der Waals surface area (Å²) in [6.45, 7) is 7.06. The molecular formula is C13H20F3N3O2. The van der Waals surface area contributed by atoms with Gasteiger partial charge in [0.05, 0.1) is 24.9 Å². The Morgan fingerprint density at radius 1 is 1.48 bits per heavy atom. The van der Waals surface area contributed by atoms with Gasteiger partial charge in [-0.15, -0.1) is 0 Å². The van der Waals surface area contributed by atoms with Crippen molar-refractivity contribution in [2.45, 2.75) is 52.0 Å². The van der Waals surface area contributed by atoms with E-state index in [1.165, 1.54) is 0 Å². The number of rotatable bonds is 6. The molecule has 1 rings (SSSR count). The van der Waals surface area contributed by atoms with Gasteiger partial charge in [-0.1, -0.05) is 0 Å². The van der Waals surface area contributed by atoms with Gasteiger partial charge in [0.2, 0.25) is 0 Å². The number of ether oxygens (including phenoxy) is 1. The van der Waals surface area contributed by atoms with Crippen molar-refractivity contribution in [3.63, 3.8) is 0 Å². The van der Waals surface area contributed by atoms with E-state index in [0.29, 0.717) is 0 Å². The first-order valence-electron chi connectivity index (χ1n) is 6.63. The number of carbonyl (C=O) groups excluding carboxylic acids is 1. The maximum Gasteiger partial charge on any atom is 0.419 e. The lowest BCUT2D eigenvalue weighted by Crippen LogP contribution is -2.56. The van der Waals surface area contributed by atoms with Gasteiger partial charge >= 0.3 is 12.1 Å². The fourth-order valence-corrected chi connectivity index (χ4v) is 2.02. The van der Waals surface area contributed by atoms with Crippen molar-refractivity contribution in [3.05, 3.63) is 18.0 Å². The molecule has 0 amide bonds. The van der Waals surface area contributed by atoms with Gasteiger partial charge in [0.1, 0.15) is 5.54 Å². The number of aromatic nitrogens is 2. The van der Waals surface area contributed by atoms with Crippen molar-refractivity contribution in [1.82, 2.24) is 15.1 Å². The maximum atomic E-state index is 12.6. The van der Waals surface area contributed by atoms with Gasteiger partial charge < -0.3 is 4.74 Å². The van der Waals surface area contributed by atoms with E-state index >= 15 is 0 Å². The Bertz CT molecular complexity index is 485. The summed E-state index contributed by atoms with van der Waals surface area (Å²) in [5.41, 5.74) is -2.00. The molecule has 0 saturated carbocycles. The predicted molar refractivity (Wildman–Crippen MR) is 70.5 cm³/mol. The van der Waals surface area contributed by atoms with Crippen molar-refractivity contribution in [1.29, 1.82) is 0 Å². The molecule has 1 aromatic rings. The summed E-state index contributed by atoms with van der Waals surface area (Å²) in [6, 6.07) is -0.0444. The molecule has 0 bridgehead atoms. The Hall–Kier alpha value is -1.57. The zero-order chi connectivity index (χ0) is 16.3. The molecule has 0 radical (unpaired) electrons. The first kappa shape index (κ1) is 17.5. The van der Waals surface area contributed by atoms with Crippen molar-refractivity contribution < 1.29 is 22.7 Å².